The largest absolute Gasteiger partial charge is 0.496 e. The Bertz CT molecular complexity index is 503. The van der Waals surface area contributed by atoms with E-state index >= 15 is 0 Å². The smallest absolute Gasteiger partial charge is 0.247 e. The Morgan fingerprint density at radius 3 is 2.63 bits per heavy atom. The van der Waals surface area contributed by atoms with E-state index in [0.717, 1.165) is 30.0 Å². The molecule has 0 unspecified atom stereocenters. The molecule has 0 spiro atoms. The molecule has 2 rings (SSSR count). The molecule has 0 bridgehead atoms. The first kappa shape index (κ1) is 13.6. The summed E-state index contributed by atoms with van der Waals surface area (Å²) in [6.45, 7) is 5.48. The van der Waals surface area contributed by atoms with Crippen LogP contribution in [0, 0.1) is 0 Å². The van der Waals surface area contributed by atoms with Crippen LogP contribution in [0.3, 0.4) is 0 Å². The summed E-state index contributed by atoms with van der Waals surface area (Å²) in [5.41, 5.74) is 2.99. The first-order chi connectivity index (χ1) is 9.13. The summed E-state index contributed by atoms with van der Waals surface area (Å²) in [6, 6.07) is 7.66. The number of para-hydroxylation sites is 1. The Kier molecular flexibility index (Phi) is 4.22. The van der Waals surface area contributed by atoms with Crippen LogP contribution in [0.4, 0.5) is 0 Å². The number of amides is 1. The molecule has 1 atom stereocenters. The molecule has 1 aromatic rings. The first-order valence-electron chi connectivity index (χ1n) is 6.46. The number of ether oxygens (including phenoxy) is 1. The molecule has 0 saturated carbocycles. The van der Waals surface area contributed by atoms with Gasteiger partial charge >= 0.3 is 0 Å². The van der Waals surface area contributed by atoms with Gasteiger partial charge in [0.1, 0.15) is 5.75 Å². The SMILES string of the molecule is COc1ccccc1[C@@H](C)NC(=O)C(C)=C1CNC1. The van der Waals surface area contributed by atoms with Crippen molar-refractivity contribution in [2.24, 2.45) is 0 Å². The predicted molar refractivity (Wildman–Crippen MR) is 75.1 cm³/mol. The molecule has 2 N–H and O–H groups in total. The molecule has 0 radical (unpaired) electrons. The number of methoxy groups -OCH3 is 1. The molecule has 1 aliphatic rings. The van der Waals surface area contributed by atoms with Crippen molar-refractivity contribution in [2.45, 2.75) is 19.9 Å². The molecule has 1 amide bonds. The second kappa shape index (κ2) is 5.89. The van der Waals surface area contributed by atoms with Gasteiger partial charge in [-0.05, 0) is 25.5 Å². The van der Waals surface area contributed by atoms with Crippen LogP contribution in [0.2, 0.25) is 0 Å². The zero-order valence-corrected chi connectivity index (χ0v) is 11.6. The lowest BCUT2D eigenvalue weighted by Gasteiger charge is -2.23. The summed E-state index contributed by atoms with van der Waals surface area (Å²) in [7, 11) is 1.64. The van der Waals surface area contributed by atoms with Gasteiger partial charge < -0.3 is 15.4 Å². The minimum Gasteiger partial charge on any atom is -0.496 e. The molecule has 4 nitrogen and oxygen atoms in total. The number of carbonyl (C=O) groups excluding carboxylic acids is 1. The maximum Gasteiger partial charge on any atom is 0.247 e. The number of nitrogens with one attached hydrogen (secondary N) is 2. The van der Waals surface area contributed by atoms with Crippen molar-refractivity contribution in [3.8, 4) is 5.75 Å². The highest BCUT2D eigenvalue weighted by atomic mass is 16.5. The van der Waals surface area contributed by atoms with Gasteiger partial charge in [-0.3, -0.25) is 4.79 Å². The molecule has 1 saturated heterocycles. The highest BCUT2D eigenvalue weighted by molar-refractivity contribution is 5.94. The maximum atomic E-state index is 12.1. The third-order valence-electron chi connectivity index (χ3n) is 3.50. The van der Waals surface area contributed by atoms with Crippen LogP contribution in [-0.2, 0) is 4.79 Å². The Balaban J connectivity index is 2.08. The van der Waals surface area contributed by atoms with Crippen molar-refractivity contribution in [3.63, 3.8) is 0 Å². The van der Waals surface area contributed by atoms with Gasteiger partial charge in [-0.15, -0.1) is 0 Å². The number of rotatable bonds is 4. The van der Waals surface area contributed by atoms with Gasteiger partial charge in [-0.2, -0.15) is 0 Å². The van der Waals surface area contributed by atoms with Crippen LogP contribution in [0.1, 0.15) is 25.5 Å². The summed E-state index contributed by atoms with van der Waals surface area (Å²) >= 11 is 0. The molecule has 4 heteroatoms. The van der Waals surface area contributed by atoms with E-state index in [9.17, 15) is 4.79 Å². The van der Waals surface area contributed by atoms with Crippen LogP contribution in [0.5, 0.6) is 5.75 Å². The summed E-state index contributed by atoms with van der Waals surface area (Å²) in [4.78, 5) is 12.1. The Morgan fingerprint density at radius 1 is 1.37 bits per heavy atom. The predicted octanol–water partition coefficient (Wildman–Crippen LogP) is 1.79. The summed E-state index contributed by atoms with van der Waals surface area (Å²) in [5.74, 6) is 0.792. The van der Waals surface area contributed by atoms with Crippen molar-refractivity contribution in [3.05, 3.63) is 41.0 Å². The second-order valence-corrected chi connectivity index (χ2v) is 4.77. The molecule has 1 aromatic carbocycles. The fraction of sp³-hybridized carbons (Fsp3) is 0.400. The zero-order chi connectivity index (χ0) is 13.8. The summed E-state index contributed by atoms with van der Waals surface area (Å²) in [6.07, 6.45) is 0. The zero-order valence-electron chi connectivity index (χ0n) is 11.6. The standard InChI is InChI=1S/C15H20N2O2/c1-10(12-8-16-9-12)15(18)17-11(2)13-6-4-5-7-14(13)19-3/h4-7,11,16H,8-9H2,1-3H3,(H,17,18)/t11-/m1/s1. The molecule has 1 fully saturated rings. The average Bonchev–Trinajstić information content (AvgIpc) is 2.36. The minimum absolute atomic E-state index is 0.00472. The van der Waals surface area contributed by atoms with E-state index in [1.807, 2.05) is 38.1 Å². The van der Waals surface area contributed by atoms with E-state index in [0.29, 0.717) is 0 Å². The number of benzene rings is 1. The van der Waals surface area contributed by atoms with Gasteiger partial charge in [0.2, 0.25) is 5.91 Å². The Labute approximate surface area is 113 Å². The summed E-state index contributed by atoms with van der Waals surface area (Å²) < 4.78 is 5.31. The second-order valence-electron chi connectivity index (χ2n) is 4.77. The van der Waals surface area contributed by atoms with Crippen LogP contribution >= 0.6 is 0 Å². The van der Waals surface area contributed by atoms with Crippen molar-refractivity contribution in [1.82, 2.24) is 10.6 Å². The van der Waals surface area contributed by atoms with Gasteiger partial charge in [0.15, 0.2) is 0 Å². The lowest BCUT2D eigenvalue weighted by molar-refractivity contribution is -0.118. The van der Waals surface area contributed by atoms with Crippen LogP contribution < -0.4 is 15.4 Å². The quantitative estimate of drug-likeness (QED) is 0.812. The monoisotopic (exact) mass is 260 g/mol. The van der Waals surface area contributed by atoms with E-state index in [1.165, 1.54) is 5.57 Å². The molecule has 19 heavy (non-hydrogen) atoms. The van der Waals surface area contributed by atoms with Gasteiger partial charge in [0.25, 0.3) is 0 Å². The van der Waals surface area contributed by atoms with E-state index in [-0.39, 0.29) is 11.9 Å². The number of carbonyl (C=O) groups is 1. The van der Waals surface area contributed by atoms with E-state index in [4.69, 9.17) is 4.74 Å². The fourth-order valence-corrected chi connectivity index (χ4v) is 2.08. The fourth-order valence-electron chi connectivity index (χ4n) is 2.08. The van der Waals surface area contributed by atoms with Crippen molar-refractivity contribution in [2.75, 3.05) is 20.2 Å². The van der Waals surface area contributed by atoms with Gasteiger partial charge in [-0.1, -0.05) is 18.2 Å². The van der Waals surface area contributed by atoms with Gasteiger partial charge in [0, 0.05) is 24.2 Å². The third kappa shape index (κ3) is 2.96. The Morgan fingerprint density at radius 2 is 2.05 bits per heavy atom. The van der Waals surface area contributed by atoms with Crippen molar-refractivity contribution >= 4 is 5.91 Å². The molecule has 1 aliphatic heterocycles. The third-order valence-corrected chi connectivity index (χ3v) is 3.50. The Hall–Kier alpha value is -1.81. The molecule has 0 aliphatic carbocycles. The number of hydrogen-bond acceptors (Lipinski definition) is 3. The van der Waals surface area contributed by atoms with E-state index in [1.54, 1.807) is 7.11 Å². The molecule has 1 heterocycles. The molecular weight excluding hydrogens is 240 g/mol. The number of hydrogen-bond donors (Lipinski definition) is 2. The van der Waals surface area contributed by atoms with Crippen molar-refractivity contribution in [1.29, 1.82) is 0 Å². The topological polar surface area (TPSA) is 50.4 Å². The minimum atomic E-state index is -0.0766. The molecule has 0 aromatic heterocycles. The maximum absolute atomic E-state index is 12.1. The first-order valence-corrected chi connectivity index (χ1v) is 6.46. The van der Waals surface area contributed by atoms with Gasteiger partial charge in [-0.25, -0.2) is 0 Å². The van der Waals surface area contributed by atoms with Crippen molar-refractivity contribution < 1.29 is 9.53 Å². The lowest BCUT2D eigenvalue weighted by Crippen LogP contribution is -2.38. The van der Waals surface area contributed by atoms with Crippen LogP contribution in [-0.4, -0.2) is 26.1 Å². The highest BCUT2D eigenvalue weighted by Gasteiger charge is 2.19. The van der Waals surface area contributed by atoms with E-state index < -0.39 is 0 Å². The van der Waals surface area contributed by atoms with Gasteiger partial charge in [0.05, 0.1) is 13.2 Å². The lowest BCUT2D eigenvalue weighted by atomic mass is 10.0. The molecular formula is C15H20N2O2. The van der Waals surface area contributed by atoms with Crippen LogP contribution in [0.25, 0.3) is 0 Å². The molecule has 102 valence electrons. The normalized spacial score (nSPS) is 15.4. The van der Waals surface area contributed by atoms with E-state index in [2.05, 4.69) is 10.6 Å². The summed E-state index contributed by atoms with van der Waals surface area (Å²) in [5, 5.41) is 6.16. The average molecular weight is 260 g/mol. The highest BCUT2D eigenvalue weighted by Crippen LogP contribution is 2.24. The van der Waals surface area contributed by atoms with Crippen LogP contribution in [0.15, 0.2) is 35.4 Å².